The molecule has 1 aromatic carbocycles. The fraction of sp³-hybridized carbons (Fsp3) is 0.385. The molecule has 20 heavy (non-hydrogen) atoms. The second kappa shape index (κ2) is 7.17. The molecular formula is C13H18ClFN2O2S. The molecule has 0 spiro atoms. The van der Waals surface area contributed by atoms with Gasteiger partial charge in [-0.05, 0) is 37.6 Å². The van der Waals surface area contributed by atoms with Crippen molar-refractivity contribution in [3.05, 3.63) is 41.2 Å². The number of benzene rings is 1. The van der Waals surface area contributed by atoms with E-state index in [1.165, 1.54) is 12.1 Å². The molecule has 0 fully saturated rings. The van der Waals surface area contributed by atoms with Crippen LogP contribution in [0.15, 0.2) is 34.7 Å². The summed E-state index contributed by atoms with van der Waals surface area (Å²) in [5.74, 6) is -0.725. The van der Waals surface area contributed by atoms with E-state index in [0.717, 1.165) is 25.1 Å². The molecule has 0 saturated carbocycles. The summed E-state index contributed by atoms with van der Waals surface area (Å²) >= 11 is 0. The van der Waals surface area contributed by atoms with Crippen LogP contribution in [0.2, 0.25) is 0 Å². The van der Waals surface area contributed by atoms with Crippen LogP contribution in [0.1, 0.15) is 12.0 Å². The first-order valence-corrected chi connectivity index (χ1v) is 7.62. The first kappa shape index (κ1) is 17.1. The van der Waals surface area contributed by atoms with E-state index < -0.39 is 15.8 Å². The number of halogens is 2. The van der Waals surface area contributed by atoms with Crippen molar-refractivity contribution in [2.75, 3.05) is 19.6 Å². The average Bonchev–Trinajstić information content (AvgIpc) is 2.40. The summed E-state index contributed by atoms with van der Waals surface area (Å²) in [6, 6.07) is 4.06. The lowest BCUT2D eigenvalue weighted by molar-refractivity contribution is 0.557. The van der Waals surface area contributed by atoms with E-state index in [1.54, 1.807) is 13.0 Å². The minimum atomic E-state index is -3.80. The summed E-state index contributed by atoms with van der Waals surface area (Å²) in [7, 11) is -3.80. The molecule has 0 aliphatic carbocycles. The van der Waals surface area contributed by atoms with E-state index in [4.69, 9.17) is 0 Å². The van der Waals surface area contributed by atoms with Crippen LogP contribution in [0, 0.1) is 12.7 Å². The van der Waals surface area contributed by atoms with Gasteiger partial charge in [0, 0.05) is 13.1 Å². The van der Waals surface area contributed by atoms with Crippen molar-refractivity contribution in [3.8, 4) is 0 Å². The Morgan fingerprint density at radius 2 is 2.15 bits per heavy atom. The van der Waals surface area contributed by atoms with Crippen molar-refractivity contribution < 1.29 is 12.8 Å². The SMILES string of the molecule is Cc1ccc(F)c(S(=O)(=O)NCC2=CCNCC2)c1.Cl. The summed E-state index contributed by atoms with van der Waals surface area (Å²) in [6.07, 6.45) is 2.76. The number of rotatable bonds is 4. The minimum Gasteiger partial charge on any atom is -0.313 e. The molecule has 0 unspecified atom stereocenters. The second-order valence-corrected chi connectivity index (χ2v) is 6.31. The highest BCUT2D eigenvalue weighted by molar-refractivity contribution is 7.89. The molecule has 0 amide bonds. The Balaban J connectivity index is 0.00000200. The normalized spacial score (nSPS) is 15.4. The maximum Gasteiger partial charge on any atom is 0.243 e. The smallest absolute Gasteiger partial charge is 0.243 e. The molecule has 0 radical (unpaired) electrons. The Kier molecular flexibility index (Phi) is 6.13. The summed E-state index contributed by atoms with van der Waals surface area (Å²) < 4.78 is 40.1. The van der Waals surface area contributed by atoms with Gasteiger partial charge in [-0.15, -0.1) is 12.4 Å². The maximum atomic E-state index is 13.6. The van der Waals surface area contributed by atoms with Crippen LogP contribution in [0.3, 0.4) is 0 Å². The molecule has 1 heterocycles. The van der Waals surface area contributed by atoms with Crippen LogP contribution >= 0.6 is 12.4 Å². The van der Waals surface area contributed by atoms with E-state index >= 15 is 0 Å². The van der Waals surface area contributed by atoms with Crippen LogP contribution in [0.4, 0.5) is 4.39 Å². The lowest BCUT2D eigenvalue weighted by atomic mass is 10.1. The first-order valence-electron chi connectivity index (χ1n) is 6.13. The highest BCUT2D eigenvalue weighted by atomic mass is 35.5. The number of aryl methyl sites for hydroxylation is 1. The predicted molar refractivity (Wildman–Crippen MR) is 79.1 cm³/mol. The zero-order valence-electron chi connectivity index (χ0n) is 11.1. The van der Waals surface area contributed by atoms with Gasteiger partial charge < -0.3 is 5.32 Å². The third kappa shape index (κ3) is 4.28. The molecule has 1 aromatic rings. The molecule has 1 aliphatic heterocycles. The third-order valence-corrected chi connectivity index (χ3v) is 4.44. The van der Waals surface area contributed by atoms with Crippen molar-refractivity contribution in [2.24, 2.45) is 0 Å². The van der Waals surface area contributed by atoms with Gasteiger partial charge in [0.25, 0.3) is 0 Å². The van der Waals surface area contributed by atoms with Gasteiger partial charge >= 0.3 is 0 Å². The van der Waals surface area contributed by atoms with Gasteiger partial charge in [0.1, 0.15) is 10.7 Å². The van der Waals surface area contributed by atoms with Crippen LogP contribution in [-0.2, 0) is 10.0 Å². The van der Waals surface area contributed by atoms with Gasteiger partial charge in [0.15, 0.2) is 0 Å². The molecule has 0 aromatic heterocycles. The average molecular weight is 321 g/mol. The summed E-state index contributed by atoms with van der Waals surface area (Å²) in [5, 5.41) is 3.15. The third-order valence-electron chi connectivity index (χ3n) is 3.02. The highest BCUT2D eigenvalue weighted by Gasteiger charge is 2.19. The predicted octanol–water partition coefficient (Wildman–Crippen LogP) is 1.75. The van der Waals surface area contributed by atoms with Crippen molar-refractivity contribution >= 4 is 22.4 Å². The molecule has 2 rings (SSSR count). The van der Waals surface area contributed by atoms with Gasteiger partial charge in [-0.1, -0.05) is 17.7 Å². The summed E-state index contributed by atoms with van der Waals surface area (Å²) in [5.41, 5.74) is 1.73. The molecular weight excluding hydrogens is 303 g/mol. The fourth-order valence-corrected chi connectivity index (χ4v) is 3.11. The Morgan fingerprint density at radius 1 is 1.40 bits per heavy atom. The van der Waals surface area contributed by atoms with Gasteiger partial charge in [-0.25, -0.2) is 17.5 Å². The molecule has 112 valence electrons. The van der Waals surface area contributed by atoms with Gasteiger partial charge in [0.2, 0.25) is 10.0 Å². The van der Waals surface area contributed by atoms with E-state index in [-0.39, 0.29) is 23.8 Å². The van der Waals surface area contributed by atoms with E-state index in [1.807, 2.05) is 6.08 Å². The number of nitrogens with one attached hydrogen (secondary N) is 2. The van der Waals surface area contributed by atoms with E-state index in [2.05, 4.69) is 10.0 Å². The van der Waals surface area contributed by atoms with Crippen molar-refractivity contribution in [1.82, 2.24) is 10.0 Å². The van der Waals surface area contributed by atoms with Gasteiger partial charge in [-0.2, -0.15) is 0 Å². The van der Waals surface area contributed by atoms with Gasteiger partial charge in [0.05, 0.1) is 0 Å². The van der Waals surface area contributed by atoms with Crippen molar-refractivity contribution in [2.45, 2.75) is 18.2 Å². The molecule has 2 N–H and O–H groups in total. The van der Waals surface area contributed by atoms with Crippen LogP contribution < -0.4 is 10.0 Å². The minimum absolute atomic E-state index is 0. The van der Waals surface area contributed by atoms with E-state index in [0.29, 0.717) is 5.56 Å². The molecule has 4 nitrogen and oxygen atoms in total. The monoisotopic (exact) mass is 320 g/mol. The molecule has 0 bridgehead atoms. The lowest BCUT2D eigenvalue weighted by Gasteiger charge is -2.15. The zero-order chi connectivity index (χ0) is 13.9. The summed E-state index contributed by atoms with van der Waals surface area (Å²) in [6.45, 7) is 3.55. The lowest BCUT2D eigenvalue weighted by Crippen LogP contribution is -2.30. The fourth-order valence-electron chi connectivity index (χ4n) is 1.91. The molecule has 7 heteroatoms. The number of hydrogen-bond donors (Lipinski definition) is 2. The zero-order valence-corrected chi connectivity index (χ0v) is 12.8. The van der Waals surface area contributed by atoms with Crippen molar-refractivity contribution in [1.29, 1.82) is 0 Å². The molecule has 1 aliphatic rings. The standard InChI is InChI=1S/C13H17FN2O2S.ClH/c1-10-2-3-12(14)13(8-10)19(17,18)16-9-11-4-6-15-7-5-11;/h2-4,8,15-16H,5-7,9H2,1H3;1H. The first-order chi connectivity index (χ1) is 8.99. The number of hydrogen-bond acceptors (Lipinski definition) is 3. The Morgan fingerprint density at radius 3 is 2.80 bits per heavy atom. The van der Waals surface area contributed by atoms with Crippen LogP contribution in [0.5, 0.6) is 0 Å². The largest absolute Gasteiger partial charge is 0.313 e. The maximum absolute atomic E-state index is 13.6. The second-order valence-electron chi connectivity index (χ2n) is 4.57. The highest BCUT2D eigenvalue weighted by Crippen LogP contribution is 2.16. The molecule has 0 saturated heterocycles. The quantitative estimate of drug-likeness (QED) is 0.831. The summed E-state index contributed by atoms with van der Waals surface area (Å²) in [4.78, 5) is -0.290. The number of sulfonamides is 1. The van der Waals surface area contributed by atoms with Gasteiger partial charge in [-0.3, -0.25) is 0 Å². The Labute approximate surface area is 124 Å². The van der Waals surface area contributed by atoms with E-state index in [9.17, 15) is 12.8 Å². The topological polar surface area (TPSA) is 58.2 Å². The van der Waals surface area contributed by atoms with Crippen LogP contribution in [0.25, 0.3) is 0 Å². The Bertz CT molecular complexity index is 602. The van der Waals surface area contributed by atoms with Crippen molar-refractivity contribution in [3.63, 3.8) is 0 Å². The molecule has 0 atom stereocenters. The van der Waals surface area contributed by atoms with Crippen LogP contribution in [-0.4, -0.2) is 28.1 Å². The Hall–Kier alpha value is -0.950.